The molecular weight excluding hydrogens is 738 g/mol. The Bertz CT molecular complexity index is 1340. The maximum atomic E-state index is 9.16. The smallest absolute Gasteiger partial charge is 0.139 e. The van der Waals surface area contributed by atoms with Crippen molar-refractivity contribution in [1.82, 2.24) is 9.97 Å². The number of fused-ring (bicyclic) bond motifs is 1. The number of benzene rings is 1. The topological polar surface area (TPSA) is 52.5 Å². The monoisotopic (exact) mass is 797 g/mol. The minimum absolute atomic E-state index is 0. The summed E-state index contributed by atoms with van der Waals surface area (Å²) in [5, 5.41) is 13.8. The van der Waals surface area contributed by atoms with Crippen molar-refractivity contribution in [3.63, 3.8) is 0 Å². The van der Waals surface area contributed by atoms with Gasteiger partial charge in [-0.3, -0.25) is 0 Å². The van der Waals surface area contributed by atoms with E-state index >= 15 is 0 Å². The maximum Gasteiger partial charge on any atom is 0.139 e. The van der Waals surface area contributed by atoms with E-state index in [2.05, 4.69) is 141 Å². The van der Waals surface area contributed by atoms with Crippen molar-refractivity contribution in [2.75, 3.05) is 0 Å². The molecule has 0 spiro atoms. The summed E-state index contributed by atoms with van der Waals surface area (Å²) in [5.41, 5.74) is 2.91. The Hall–Kier alpha value is -0.498. The van der Waals surface area contributed by atoms with Crippen LogP contribution in [0.5, 0.6) is 0 Å². The first-order valence-corrected chi connectivity index (χ1v) is 19.3. The molecule has 3 nitrogen and oxygen atoms in total. The standard InChI is InChI=1S/C14H7Cl2N3.2C12H27P.Pd/c15-9-1-2-10(12(16)5-9)11-3-4-18-14-13(11)8(6-17)7-19-14;2*1-10(2,3)13(11(4,5)6)12(7,8)9;/h1-5,7H,(H,18,19);2*1-9H3;. The minimum Gasteiger partial charge on any atom is -0.345 e. The molecule has 2 aromatic heterocycles. The number of rotatable bonds is 1. The van der Waals surface area contributed by atoms with E-state index in [9.17, 15) is 0 Å². The Morgan fingerprint density at radius 2 is 1.02 bits per heavy atom. The number of halogens is 2. The third-order valence-electron chi connectivity index (χ3n) is 6.94. The average molecular weight is 799 g/mol. The van der Waals surface area contributed by atoms with E-state index < -0.39 is 0 Å². The molecule has 0 aliphatic carbocycles. The summed E-state index contributed by atoms with van der Waals surface area (Å²) in [6.07, 6.45) is 3.32. The molecule has 0 bridgehead atoms. The predicted molar refractivity (Wildman–Crippen MR) is 209 cm³/mol. The molecule has 0 atom stereocenters. The van der Waals surface area contributed by atoms with Crippen LogP contribution in [0.1, 0.15) is 130 Å². The zero-order valence-electron chi connectivity index (χ0n) is 31.8. The third-order valence-corrected chi connectivity index (χ3v) is 15.5. The molecular formula is C38H61Cl2N3P2Pd. The first kappa shape index (κ1) is 45.5. The number of nitrogens with zero attached hydrogens (tertiary/aromatic N) is 2. The fourth-order valence-corrected chi connectivity index (χ4v) is 20.7. The predicted octanol–water partition coefficient (Wildman–Crippen LogP) is 14.1. The fraction of sp³-hybridized carbons (Fsp3) is 0.632. The van der Waals surface area contributed by atoms with Crippen LogP contribution >= 0.6 is 39.0 Å². The van der Waals surface area contributed by atoms with E-state index in [0.29, 0.717) is 52.2 Å². The molecule has 0 aliphatic rings. The van der Waals surface area contributed by atoms with Crippen molar-refractivity contribution in [2.45, 2.75) is 156 Å². The summed E-state index contributed by atoms with van der Waals surface area (Å²) >= 11 is 12.1. The van der Waals surface area contributed by atoms with Gasteiger partial charge in [-0.2, -0.15) is 5.26 Å². The van der Waals surface area contributed by atoms with Gasteiger partial charge in [0.1, 0.15) is 11.7 Å². The largest absolute Gasteiger partial charge is 0.345 e. The Kier molecular flexibility index (Phi) is 16.3. The van der Waals surface area contributed by atoms with Gasteiger partial charge in [0.25, 0.3) is 0 Å². The van der Waals surface area contributed by atoms with Gasteiger partial charge < -0.3 is 4.98 Å². The van der Waals surface area contributed by atoms with Crippen LogP contribution in [0.4, 0.5) is 0 Å². The molecule has 3 rings (SSSR count). The van der Waals surface area contributed by atoms with E-state index in [4.69, 9.17) is 28.5 Å². The second kappa shape index (κ2) is 16.5. The molecule has 262 valence electrons. The van der Waals surface area contributed by atoms with E-state index in [1.54, 1.807) is 24.5 Å². The molecule has 8 heteroatoms. The summed E-state index contributed by atoms with van der Waals surface area (Å²) in [4.78, 5) is 7.18. The Labute approximate surface area is 309 Å². The molecule has 0 aliphatic heterocycles. The van der Waals surface area contributed by atoms with E-state index in [-0.39, 0.29) is 36.3 Å². The molecule has 1 N–H and O–H groups in total. The van der Waals surface area contributed by atoms with Crippen LogP contribution in [0.2, 0.25) is 10.0 Å². The van der Waals surface area contributed by atoms with Gasteiger partial charge in [0.05, 0.1) is 5.56 Å². The Morgan fingerprint density at radius 1 is 0.630 bits per heavy atom. The molecule has 0 amide bonds. The number of H-pyrrole nitrogens is 1. The van der Waals surface area contributed by atoms with Crippen LogP contribution < -0.4 is 0 Å². The van der Waals surface area contributed by atoms with Crippen LogP contribution in [0.25, 0.3) is 22.2 Å². The molecule has 0 unspecified atom stereocenters. The summed E-state index contributed by atoms with van der Waals surface area (Å²) in [5.74, 6) is 0. The first-order chi connectivity index (χ1) is 19.9. The van der Waals surface area contributed by atoms with Gasteiger partial charge in [-0.15, -0.1) is 0 Å². The molecule has 0 fully saturated rings. The van der Waals surface area contributed by atoms with Crippen LogP contribution in [0, 0.1) is 11.3 Å². The van der Waals surface area contributed by atoms with Crippen LogP contribution in [-0.2, 0) is 20.4 Å². The van der Waals surface area contributed by atoms with Crippen molar-refractivity contribution >= 4 is 50.1 Å². The molecule has 0 saturated carbocycles. The summed E-state index contributed by atoms with van der Waals surface area (Å²) < 4.78 is 0. The van der Waals surface area contributed by atoms with Crippen LogP contribution in [0.3, 0.4) is 0 Å². The van der Waals surface area contributed by atoms with Crippen molar-refractivity contribution in [3.05, 3.63) is 52.3 Å². The molecule has 0 radical (unpaired) electrons. The van der Waals surface area contributed by atoms with E-state index in [1.165, 1.54) is 0 Å². The van der Waals surface area contributed by atoms with Gasteiger partial charge in [0.2, 0.25) is 0 Å². The van der Waals surface area contributed by atoms with E-state index in [0.717, 1.165) is 16.5 Å². The second-order valence-electron chi connectivity index (χ2n) is 17.7. The van der Waals surface area contributed by atoms with Crippen molar-refractivity contribution in [1.29, 1.82) is 5.26 Å². The number of hydrogen-bond donors (Lipinski definition) is 1. The summed E-state index contributed by atoms with van der Waals surface area (Å²) in [6.45, 7) is 42.9. The van der Waals surface area contributed by atoms with Crippen molar-refractivity contribution in [2.24, 2.45) is 0 Å². The summed E-state index contributed by atoms with van der Waals surface area (Å²) in [7, 11) is 0.0324. The van der Waals surface area contributed by atoms with E-state index in [1.807, 2.05) is 12.1 Å². The van der Waals surface area contributed by atoms with Gasteiger partial charge in [-0.1, -0.05) is 170 Å². The van der Waals surface area contributed by atoms with Gasteiger partial charge in [-0.25, -0.2) is 4.98 Å². The summed E-state index contributed by atoms with van der Waals surface area (Å²) in [6, 6.07) is 9.29. The Balaban J connectivity index is 0.000000677. The quantitative estimate of drug-likeness (QED) is 0.197. The molecule has 0 saturated heterocycles. The third kappa shape index (κ3) is 13.1. The minimum atomic E-state index is 0. The zero-order valence-corrected chi connectivity index (χ0v) is 36.7. The first-order valence-electron chi connectivity index (χ1n) is 15.9. The van der Waals surface area contributed by atoms with Crippen molar-refractivity contribution < 1.29 is 20.4 Å². The van der Waals surface area contributed by atoms with Gasteiger partial charge in [-0.05, 0) is 54.7 Å². The van der Waals surface area contributed by atoms with Gasteiger partial charge in [0.15, 0.2) is 0 Å². The Morgan fingerprint density at radius 3 is 1.33 bits per heavy atom. The van der Waals surface area contributed by atoms with Gasteiger partial charge >= 0.3 is 0 Å². The average Bonchev–Trinajstić information content (AvgIpc) is 3.17. The SMILES string of the molecule is CC(C)(C)P(C(C)(C)C)C(C)(C)C.CC(C)(C)P(C(C)(C)C)C(C)(C)C.N#Cc1c[nH]c2nccc(-c3ccc(Cl)cc3Cl)c12.[Pd]. The molecule has 3 aromatic rings. The number of nitrogens with one attached hydrogen (secondary N) is 1. The zero-order chi connectivity index (χ0) is 35.6. The molecule has 1 aromatic carbocycles. The number of nitriles is 1. The number of hydrogen-bond acceptors (Lipinski definition) is 2. The number of pyridine rings is 1. The number of aromatic nitrogens is 2. The fourth-order valence-electron chi connectivity index (χ4n) is 8.11. The van der Waals surface area contributed by atoms with Crippen LogP contribution in [0.15, 0.2) is 36.7 Å². The van der Waals surface area contributed by atoms with Crippen LogP contribution in [-0.4, -0.2) is 40.9 Å². The normalized spacial score (nSPS) is 13.0. The van der Waals surface area contributed by atoms with Gasteiger partial charge in [0, 0.05) is 53.8 Å². The molecule has 46 heavy (non-hydrogen) atoms. The molecule has 2 heterocycles. The second-order valence-corrected chi connectivity index (χ2v) is 28.0. The number of aromatic amines is 1. The van der Waals surface area contributed by atoms with Crippen molar-refractivity contribution in [3.8, 4) is 17.2 Å². The maximum absolute atomic E-state index is 9.16.